The Morgan fingerprint density at radius 3 is 2.60 bits per heavy atom. The van der Waals surface area contributed by atoms with Crippen molar-refractivity contribution < 1.29 is 18.0 Å². The van der Waals surface area contributed by atoms with Crippen LogP contribution in [0, 0.1) is 5.92 Å². The van der Waals surface area contributed by atoms with Gasteiger partial charge in [-0.05, 0) is 49.8 Å². The third-order valence-electron chi connectivity index (χ3n) is 7.37. The van der Waals surface area contributed by atoms with Gasteiger partial charge in [-0.2, -0.15) is 0 Å². The number of carbonyl (C=O) groups excluding carboxylic acids is 2. The number of carbonyl (C=O) groups is 2. The van der Waals surface area contributed by atoms with Gasteiger partial charge in [0.1, 0.15) is 5.69 Å². The monoisotopic (exact) mass is 494 g/mol. The molecule has 1 saturated heterocycles. The van der Waals surface area contributed by atoms with Gasteiger partial charge in [-0.3, -0.25) is 14.0 Å². The molecule has 3 aromatic rings. The Morgan fingerprint density at radius 1 is 1.23 bits per heavy atom. The number of benzene rings is 1. The van der Waals surface area contributed by atoms with Crippen LogP contribution in [0.3, 0.4) is 0 Å². The molecule has 2 fully saturated rings. The molecule has 2 N–H and O–H groups in total. The van der Waals surface area contributed by atoms with E-state index in [2.05, 4.69) is 9.97 Å². The fourth-order valence-electron chi connectivity index (χ4n) is 5.05. The largest absolute Gasteiger partial charge is 0.381 e. The molecule has 182 valence electrons. The zero-order valence-electron chi connectivity index (χ0n) is 19.6. The Kier molecular flexibility index (Phi) is 4.73. The summed E-state index contributed by atoms with van der Waals surface area (Å²) in [6, 6.07) is 3.43. The third kappa shape index (κ3) is 3.48. The summed E-state index contributed by atoms with van der Waals surface area (Å²) in [5.74, 6) is 0.142. The van der Waals surface area contributed by atoms with Crippen LogP contribution in [0.2, 0.25) is 0 Å². The molecule has 2 aliphatic heterocycles. The third-order valence-corrected chi connectivity index (χ3v) is 8.49. The minimum Gasteiger partial charge on any atom is -0.381 e. The summed E-state index contributed by atoms with van der Waals surface area (Å²) in [5, 5.41) is 0. The fourth-order valence-corrected chi connectivity index (χ4v) is 5.98. The Morgan fingerprint density at radius 2 is 1.97 bits per heavy atom. The molecule has 11 heteroatoms. The molecule has 1 aromatic carbocycles. The molecule has 6 rings (SSSR count). The van der Waals surface area contributed by atoms with Gasteiger partial charge in [0.15, 0.2) is 21.3 Å². The van der Waals surface area contributed by atoms with Crippen LogP contribution in [0.1, 0.15) is 52.6 Å². The lowest BCUT2D eigenvalue weighted by atomic mass is 10.0. The maximum absolute atomic E-state index is 13.3. The van der Waals surface area contributed by atoms with Gasteiger partial charge in [0.05, 0.1) is 22.3 Å². The van der Waals surface area contributed by atoms with E-state index >= 15 is 0 Å². The average molecular weight is 495 g/mol. The number of aromatic nitrogens is 3. The van der Waals surface area contributed by atoms with E-state index in [1.165, 1.54) is 6.07 Å². The average Bonchev–Trinajstić information content (AvgIpc) is 3.44. The molecule has 0 bridgehead atoms. The lowest BCUT2D eigenvalue weighted by Crippen LogP contribution is -2.42. The van der Waals surface area contributed by atoms with Crippen molar-refractivity contribution >= 4 is 33.1 Å². The number of sulfone groups is 1. The lowest BCUT2D eigenvalue weighted by Gasteiger charge is -2.30. The second-order valence-corrected chi connectivity index (χ2v) is 11.8. The quantitative estimate of drug-likeness (QED) is 0.574. The predicted molar refractivity (Wildman–Crippen MR) is 129 cm³/mol. The summed E-state index contributed by atoms with van der Waals surface area (Å²) in [6.45, 7) is 3.75. The van der Waals surface area contributed by atoms with Gasteiger partial charge in [0.2, 0.25) is 0 Å². The number of nitrogens with zero attached hydrogens (tertiary/aromatic N) is 5. The SMILES string of the molecule is CC(C1CC1)N1Cc2cc(-c3cnc4c(N)nc(C(=O)N5CCC5)cn34)cc(S(C)(=O)=O)c2C1=O. The van der Waals surface area contributed by atoms with E-state index in [1.807, 2.05) is 13.0 Å². The van der Waals surface area contributed by atoms with E-state index in [0.29, 0.717) is 48.0 Å². The molecule has 2 aromatic heterocycles. The molecule has 1 aliphatic carbocycles. The molecule has 35 heavy (non-hydrogen) atoms. The molecule has 2 amide bonds. The van der Waals surface area contributed by atoms with Crippen LogP contribution in [-0.4, -0.2) is 69.8 Å². The van der Waals surface area contributed by atoms with E-state index in [1.54, 1.807) is 26.6 Å². The molecular weight excluding hydrogens is 468 g/mol. The van der Waals surface area contributed by atoms with Crippen molar-refractivity contribution in [1.82, 2.24) is 24.2 Å². The van der Waals surface area contributed by atoms with Crippen LogP contribution in [0.15, 0.2) is 29.4 Å². The standard InChI is InChI=1S/C24H26N6O4S/c1-13(14-4-5-14)29-11-16-8-15(9-19(35(2,33)34)20(16)24(29)32)18-10-26-22-21(25)27-17(12-30(18)22)23(31)28-6-3-7-28/h8-10,12-14H,3-7,11H2,1-2H3,(H2,25,27). The first-order valence-corrected chi connectivity index (χ1v) is 13.6. The number of anilines is 1. The van der Waals surface area contributed by atoms with Crippen molar-refractivity contribution in [3.63, 3.8) is 0 Å². The van der Waals surface area contributed by atoms with Gasteiger partial charge >= 0.3 is 0 Å². The van der Waals surface area contributed by atoms with Gasteiger partial charge < -0.3 is 15.5 Å². The van der Waals surface area contributed by atoms with Crippen LogP contribution in [0.4, 0.5) is 5.82 Å². The van der Waals surface area contributed by atoms with Crippen LogP contribution in [-0.2, 0) is 16.4 Å². The Balaban J connectivity index is 1.49. The van der Waals surface area contributed by atoms with Crippen LogP contribution < -0.4 is 5.73 Å². The number of nitrogens with two attached hydrogens (primary N) is 1. The minimum absolute atomic E-state index is 0.00866. The van der Waals surface area contributed by atoms with Crippen LogP contribution in [0.25, 0.3) is 16.9 Å². The first kappa shape index (κ1) is 22.0. The van der Waals surface area contributed by atoms with E-state index in [-0.39, 0.29) is 39.8 Å². The van der Waals surface area contributed by atoms with Crippen molar-refractivity contribution in [2.24, 2.45) is 5.92 Å². The summed E-state index contributed by atoms with van der Waals surface area (Å²) in [6.07, 6.45) is 7.42. The summed E-state index contributed by atoms with van der Waals surface area (Å²) < 4.78 is 27.2. The Bertz CT molecular complexity index is 1520. The van der Waals surface area contributed by atoms with Gasteiger partial charge in [-0.1, -0.05) is 0 Å². The van der Waals surface area contributed by atoms with Crippen molar-refractivity contribution in [3.8, 4) is 11.3 Å². The van der Waals surface area contributed by atoms with Gasteiger partial charge in [-0.25, -0.2) is 18.4 Å². The van der Waals surface area contributed by atoms with E-state index in [9.17, 15) is 18.0 Å². The number of rotatable bonds is 5. The molecule has 0 radical (unpaired) electrons. The van der Waals surface area contributed by atoms with E-state index in [0.717, 1.165) is 25.5 Å². The summed E-state index contributed by atoms with van der Waals surface area (Å²) in [4.78, 5) is 38.2. The topological polar surface area (TPSA) is 131 Å². The zero-order valence-corrected chi connectivity index (χ0v) is 20.4. The number of fused-ring (bicyclic) bond motifs is 2. The predicted octanol–water partition coefficient (Wildman–Crippen LogP) is 1.98. The van der Waals surface area contributed by atoms with Crippen LogP contribution in [0.5, 0.6) is 0 Å². The molecule has 1 saturated carbocycles. The number of nitrogen functional groups attached to an aromatic ring is 1. The first-order chi connectivity index (χ1) is 16.6. The zero-order chi connectivity index (χ0) is 24.6. The highest BCUT2D eigenvalue weighted by Crippen LogP contribution is 2.41. The summed E-state index contributed by atoms with van der Waals surface area (Å²) >= 11 is 0. The number of hydrogen-bond acceptors (Lipinski definition) is 7. The second-order valence-electron chi connectivity index (χ2n) is 9.79. The summed E-state index contributed by atoms with van der Waals surface area (Å²) in [7, 11) is -3.69. The van der Waals surface area contributed by atoms with Crippen molar-refractivity contribution in [1.29, 1.82) is 0 Å². The molecule has 0 spiro atoms. The molecule has 3 aliphatic rings. The van der Waals surface area contributed by atoms with Crippen molar-refractivity contribution in [2.45, 2.75) is 43.7 Å². The Labute approximate surface area is 202 Å². The minimum atomic E-state index is -3.69. The van der Waals surface area contributed by atoms with Crippen molar-refractivity contribution in [2.75, 3.05) is 25.1 Å². The summed E-state index contributed by atoms with van der Waals surface area (Å²) in [5.41, 5.74) is 8.79. The molecular formula is C24H26N6O4S. The highest BCUT2D eigenvalue weighted by Gasteiger charge is 2.41. The smallest absolute Gasteiger partial charge is 0.274 e. The molecule has 1 atom stereocenters. The van der Waals surface area contributed by atoms with Crippen molar-refractivity contribution in [3.05, 3.63) is 41.3 Å². The van der Waals surface area contributed by atoms with E-state index < -0.39 is 9.84 Å². The first-order valence-electron chi connectivity index (χ1n) is 11.7. The normalized spacial score (nSPS) is 18.6. The molecule has 1 unspecified atom stereocenters. The Hall–Kier alpha value is -3.47. The number of amides is 2. The number of hydrogen-bond donors (Lipinski definition) is 1. The maximum atomic E-state index is 13.3. The molecule has 4 heterocycles. The van der Waals surface area contributed by atoms with Gasteiger partial charge in [-0.15, -0.1) is 0 Å². The maximum Gasteiger partial charge on any atom is 0.274 e. The molecule has 10 nitrogen and oxygen atoms in total. The van der Waals surface area contributed by atoms with Crippen LogP contribution >= 0.6 is 0 Å². The van der Waals surface area contributed by atoms with Gasteiger partial charge in [0, 0.05) is 43.7 Å². The fraction of sp³-hybridized carbons (Fsp3) is 0.417. The second kappa shape index (κ2) is 7.51. The number of imidazole rings is 1. The highest BCUT2D eigenvalue weighted by molar-refractivity contribution is 7.90. The number of likely N-dealkylation sites (tertiary alicyclic amines) is 1. The lowest BCUT2D eigenvalue weighted by molar-refractivity contribution is 0.0644. The van der Waals surface area contributed by atoms with E-state index in [4.69, 9.17) is 5.73 Å². The highest BCUT2D eigenvalue weighted by atomic mass is 32.2. The van der Waals surface area contributed by atoms with Gasteiger partial charge in [0.25, 0.3) is 11.8 Å².